The van der Waals surface area contributed by atoms with Gasteiger partial charge in [0, 0.05) is 18.3 Å². The molecular formula is C15H16N4O5S. The Morgan fingerprint density at radius 1 is 1.28 bits per heavy atom. The number of fused-ring (bicyclic) bond motifs is 1. The van der Waals surface area contributed by atoms with Crippen molar-refractivity contribution < 1.29 is 13.2 Å². The van der Waals surface area contributed by atoms with Crippen molar-refractivity contribution in [3.05, 3.63) is 38.7 Å². The summed E-state index contributed by atoms with van der Waals surface area (Å²) in [5.41, 5.74) is -0.678. The van der Waals surface area contributed by atoms with Crippen molar-refractivity contribution in [3.63, 3.8) is 0 Å². The summed E-state index contributed by atoms with van der Waals surface area (Å²) in [6, 6.07) is 0.979. The van der Waals surface area contributed by atoms with Gasteiger partial charge in [0.25, 0.3) is 11.5 Å². The first kappa shape index (κ1) is 16.0. The number of aromatic amines is 1. The maximum atomic E-state index is 12.3. The van der Waals surface area contributed by atoms with Gasteiger partial charge in [-0.3, -0.25) is 19.1 Å². The first-order valence-electron chi connectivity index (χ1n) is 8.00. The molecule has 0 bridgehead atoms. The lowest BCUT2D eigenvalue weighted by Gasteiger charge is -2.12. The number of amides is 1. The van der Waals surface area contributed by atoms with Gasteiger partial charge in [0.05, 0.1) is 22.5 Å². The van der Waals surface area contributed by atoms with Crippen LogP contribution in [0.3, 0.4) is 0 Å². The molecule has 1 saturated heterocycles. The summed E-state index contributed by atoms with van der Waals surface area (Å²) in [6.07, 6.45) is 3.37. The molecule has 1 amide bonds. The third-order valence-corrected chi connectivity index (χ3v) is 6.29. The van der Waals surface area contributed by atoms with E-state index in [1.807, 2.05) is 0 Å². The number of rotatable bonds is 3. The molecule has 132 valence electrons. The summed E-state index contributed by atoms with van der Waals surface area (Å²) in [7, 11) is -3.10. The van der Waals surface area contributed by atoms with Crippen molar-refractivity contribution in [1.29, 1.82) is 0 Å². The monoisotopic (exact) mass is 364 g/mol. The quantitative estimate of drug-likeness (QED) is 0.743. The zero-order chi connectivity index (χ0) is 17.8. The van der Waals surface area contributed by atoms with Crippen molar-refractivity contribution in [1.82, 2.24) is 19.9 Å². The van der Waals surface area contributed by atoms with Gasteiger partial charge in [-0.1, -0.05) is 0 Å². The minimum Gasteiger partial charge on any atom is -0.348 e. The van der Waals surface area contributed by atoms with E-state index in [0.29, 0.717) is 6.42 Å². The molecule has 2 fully saturated rings. The van der Waals surface area contributed by atoms with Crippen LogP contribution in [-0.4, -0.2) is 46.4 Å². The Kier molecular flexibility index (Phi) is 3.53. The molecule has 2 aliphatic rings. The van der Waals surface area contributed by atoms with Gasteiger partial charge in [0.2, 0.25) is 0 Å². The van der Waals surface area contributed by atoms with E-state index >= 15 is 0 Å². The lowest BCUT2D eigenvalue weighted by atomic mass is 10.2. The molecule has 0 aromatic carbocycles. The van der Waals surface area contributed by atoms with Crippen LogP contribution in [0, 0.1) is 0 Å². The summed E-state index contributed by atoms with van der Waals surface area (Å²) in [5, 5.41) is 2.82. The molecule has 1 aliphatic heterocycles. The molecular weight excluding hydrogens is 348 g/mol. The van der Waals surface area contributed by atoms with Crippen LogP contribution in [0.15, 0.2) is 21.9 Å². The Balaban J connectivity index is 1.68. The number of pyridine rings is 1. The molecule has 1 unspecified atom stereocenters. The van der Waals surface area contributed by atoms with E-state index in [1.165, 1.54) is 16.8 Å². The fourth-order valence-corrected chi connectivity index (χ4v) is 4.78. The van der Waals surface area contributed by atoms with Crippen LogP contribution in [-0.2, 0) is 9.84 Å². The van der Waals surface area contributed by atoms with Crippen LogP contribution in [0.4, 0.5) is 0 Å². The summed E-state index contributed by atoms with van der Waals surface area (Å²) in [4.78, 5) is 42.8. The molecule has 1 atom stereocenters. The molecule has 1 saturated carbocycles. The van der Waals surface area contributed by atoms with Gasteiger partial charge in [-0.15, -0.1) is 0 Å². The Hall–Kier alpha value is -2.49. The molecule has 1 aliphatic carbocycles. The van der Waals surface area contributed by atoms with E-state index in [0.717, 1.165) is 12.8 Å². The minimum absolute atomic E-state index is 0.0303. The number of sulfone groups is 1. The highest BCUT2D eigenvalue weighted by molar-refractivity contribution is 7.91. The highest BCUT2D eigenvalue weighted by Gasteiger charge is 2.30. The van der Waals surface area contributed by atoms with Crippen molar-refractivity contribution >= 4 is 26.8 Å². The predicted molar refractivity (Wildman–Crippen MR) is 89.4 cm³/mol. The molecule has 25 heavy (non-hydrogen) atoms. The second kappa shape index (κ2) is 5.51. The standard InChI is InChI=1S/C15H16N4O5S/c20-13(17-9-3-4-25(23,24)7-9)8-5-11-12(16-6-8)19(10-1-2-10)15(22)18-14(11)21/h5-6,9-10H,1-4,7H2,(H,17,20)(H,18,21,22). The Morgan fingerprint density at radius 3 is 2.68 bits per heavy atom. The molecule has 2 aromatic heterocycles. The van der Waals surface area contributed by atoms with Gasteiger partial charge < -0.3 is 5.32 Å². The Morgan fingerprint density at radius 2 is 2.04 bits per heavy atom. The van der Waals surface area contributed by atoms with Gasteiger partial charge in [-0.05, 0) is 25.3 Å². The van der Waals surface area contributed by atoms with E-state index in [1.54, 1.807) is 0 Å². The van der Waals surface area contributed by atoms with E-state index in [4.69, 9.17) is 0 Å². The van der Waals surface area contributed by atoms with Crippen LogP contribution >= 0.6 is 0 Å². The molecule has 0 spiro atoms. The molecule has 0 radical (unpaired) electrons. The number of aromatic nitrogens is 3. The summed E-state index contributed by atoms with van der Waals surface area (Å²) in [6.45, 7) is 0. The molecule has 3 heterocycles. The third kappa shape index (κ3) is 2.97. The number of hydrogen-bond acceptors (Lipinski definition) is 6. The van der Waals surface area contributed by atoms with Crippen molar-refractivity contribution in [3.8, 4) is 0 Å². The van der Waals surface area contributed by atoms with Crippen molar-refractivity contribution in [2.24, 2.45) is 0 Å². The lowest BCUT2D eigenvalue weighted by Crippen LogP contribution is -2.36. The fourth-order valence-electron chi connectivity index (χ4n) is 3.11. The second-order valence-corrected chi connectivity index (χ2v) is 8.76. The smallest absolute Gasteiger partial charge is 0.330 e. The highest BCUT2D eigenvalue weighted by atomic mass is 32.2. The zero-order valence-corrected chi connectivity index (χ0v) is 14.0. The fraction of sp³-hybridized carbons (Fsp3) is 0.467. The van der Waals surface area contributed by atoms with Crippen LogP contribution in [0.2, 0.25) is 0 Å². The summed E-state index contributed by atoms with van der Waals surface area (Å²) >= 11 is 0. The predicted octanol–water partition coefficient (Wildman–Crippen LogP) is -0.663. The average molecular weight is 364 g/mol. The number of hydrogen-bond donors (Lipinski definition) is 2. The van der Waals surface area contributed by atoms with Crippen molar-refractivity contribution in [2.75, 3.05) is 11.5 Å². The molecule has 10 heteroatoms. The Labute approximate surface area is 142 Å². The van der Waals surface area contributed by atoms with Gasteiger partial charge >= 0.3 is 5.69 Å². The van der Waals surface area contributed by atoms with E-state index < -0.39 is 33.0 Å². The summed E-state index contributed by atoms with van der Waals surface area (Å²) in [5.74, 6) is -0.511. The van der Waals surface area contributed by atoms with Gasteiger partial charge in [0.1, 0.15) is 5.65 Å². The van der Waals surface area contributed by atoms with Crippen LogP contribution in [0.5, 0.6) is 0 Å². The van der Waals surface area contributed by atoms with Crippen LogP contribution in [0.25, 0.3) is 11.0 Å². The maximum Gasteiger partial charge on any atom is 0.330 e. The lowest BCUT2D eigenvalue weighted by molar-refractivity contribution is 0.0941. The van der Waals surface area contributed by atoms with Gasteiger partial charge in [-0.25, -0.2) is 18.2 Å². The molecule has 9 nitrogen and oxygen atoms in total. The first-order valence-corrected chi connectivity index (χ1v) is 9.82. The molecule has 2 N–H and O–H groups in total. The SMILES string of the molecule is O=C(NC1CCS(=O)(=O)C1)c1cnc2c(c1)c(=O)[nH]c(=O)n2C1CC1. The number of carbonyl (C=O) groups is 1. The van der Waals surface area contributed by atoms with Crippen LogP contribution < -0.4 is 16.6 Å². The van der Waals surface area contributed by atoms with Crippen LogP contribution in [0.1, 0.15) is 35.7 Å². The van der Waals surface area contributed by atoms with Gasteiger partial charge in [0.15, 0.2) is 9.84 Å². The van der Waals surface area contributed by atoms with Gasteiger partial charge in [-0.2, -0.15) is 0 Å². The Bertz CT molecular complexity index is 1100. The number of carbonyl (C=O) groups excluding carboxylic acids is 1. The zero-order valence-electron chi connectivity index (χ0n) is 13.2. The highest BCUT2D eigenvalue weighted by Crippen LogP contribution is 2.34. The second-order valence-electron chi connectivity index (χ2n) is 6.53. The normalized spacial score (nSPS) is 22.2. The van der Waals surface area contributed by atoms with E-state index in [9.17, 15) is 22.8 Å². The van der Waals surface area contributed by atoms with E-state index in [-0.39, 0.29) is 34.1 Å². The molecule has 4 rings (SSSR count). The maximum absolute atomic E-state index is 12.3. The molecule has 2 aromatic rings. The number of nitrogens with zero attached hydrogens (tertiary/aromatic N) is 2. The topological polar surface area (TPSA) is 131 Å². The number of H-pyrrole nitrogens is 1. The minimum atomic E-state index is -3.10. The first-order chi connectivity index (χ1) is 11.8. The largest absolute Gasteiger partial charge is 0.348 e. The summed E-state index contributed by atoms with van der Waals surface area (Å²) < 4.78 is 24.4. The number of nitrogens with one attached hydrogen (secondary N) is 2. The third-order valence-electron chi connectivity index (χ3n) is 4.52. The van der Waals surface area contributed by atoms with E-state index in [2.05, 4.69) is 15.3 Å². The average Bonchev–Trinajstić information content (AvgIpc) is 3.31. The van der Waals surface area contributed by atoms with Crippen molar-refractivity contribution in [2.45, 2.75) is 31.3 Å².